The summed E-state index contributed by atoms with van der Waals surface area (Å²) in [5, 5.41) is 11.3. The van der Waals surface area contributed by atoms with Gasteiger partial charge < -0.3 is 5.32 Å². The number of halogens is 1. The Morgan fingerprint density at radius 1 is 1.12 bits per heavy atom. The third-order valence-corrected chi connectivity index (χ3v) is 2.76. The average Bonchev–Trinajstić information content (AvgIpc) is 2.38. The van der Waals surface area contributed by atoms with Crippen molar-refractivity contribution in [2.45, 2.75) is 0 Å². The van der Waals surface area contributed by atoms with E-state index in [0.717, 1.165) is 21.5 Å². The highest BCUT2D eigenvalue weighted by atomic mass is 79.9. The number of hydrogen-bond donors (Lipinski definition) is 1. The molecule has 1 heterocycles. The molecule has 0 radical (unpaired) electrons. The lowest BCUT2D eigenvalue weighted by Crippen LogP contribution is -2.01. The molecule has 0 fully saturated rings. The summed E-state index contributed by atoms with van der Waals surface area (Å²) in [5.41, 5.74) is 1.91. The molecule has 2 rings (SSSR count). The van der Waals surface area contributed by atoms with Crippen molar-refractivity contribution in [1.29, 1.82) is 0 Å². The van der Waals surface area contributed by atoms with Crippen LogP contribution in [-0.4, -0.2) is 16.7 Å². The summed E-state index contributed by atoms with van der Waals surface area (Å²) in [7, 11) is 0. The van der Waals surface area contributed by atoms with E-state index in [2.05, 4.69) is 38.0 Å². The van der Waals surface area contributed by atoms with Crippen molar-refractivity contribution < 1.29 is 0 Å². The van der Waals surface area contributed by atoms with E-state index in [1.165, 1.54) is 0 Å². The Balaban J connectivity index is 2.17. The van der Waals surface area contributed by atoms with Gasteiger partial charge in [0.1, 0.15) is 5.82 Å². The van der Waals surface area contributed by atoms with E-state index >= 15 is 0 Å². The van der Waals surface area contributed by atoms with Gasteiger partial charge in [-0.1, -0.05) is 34.1 Å². The molecule has 4 heteroatoms. The largest absolute Gasteiger partial charge is 0.365 e. The first-order valence-corrected chi connectivity index (χ1v) is 6.03. The van der Waals surface area contributed by atoms with E-state index in [4.69, 9.17) is 0 Å². The maximum atomic E-state index is 4.17. The van der Waals surface area contributed by atoms with E-state index in [1.807, 2.05) is 36.4 Å². The molecule has 0 bridgehead atoms. The van der Waals surface area contributed by atoms with Gasteiger partial charge in [-0.05, 0) is 24.3 Å². The van der Waals surface area contributed by atoms with Gasteiger partial charge in [0.15, 0.2) is 0 Å². The predicted molar refractivity (Wildman–Crippen MR) is 73.9 cm³/mol. The topological polar surface area (TPSA) is 37.8 Å². The molecule has 86 valence electrons. The number of nitrogens with one attached hydrogen (secondary N) is 1. The first kappa shape index (κ1) is 11.8. The molecule has 0 amide bonds. The van der Waals surface area contributed by atoms with E-state index in [1.54, 1.807) is 6.08 Å². The van der Waals surface area contributed by atoms with Crippen LogP contribution in [0.4, 0.5) is 5.82 Å². The highest BCUT2D eigenvalue weighted by Crippen LogP contribution is 2.19. The number of nitrogens with zero attached hydrogens (tertiary/aromatic N) is 2. The van der Waals surface area contributed by atoms with Gasteiger partial charge >= 0.3 is 0 Å². The molecule has 17 heavy (non-hydrogen) atoms. The lowest BCUT2D eigenvalue weighted by molar-refractivity contribution is 1.03. The van der Waals surface area contributed by atoms with Crippen LogP contribution in [0.1, 0.15) is 0 Å². The SMILES string of the molecule is C=CCNc1ccc(-c2ccc(Br)cc2)nn1. The van der Waals surface area contributed by atoms with Crippen molar-refractivity contribution in [3.63, 3.8) is 0 Å². The van der Waals surface area contributed by atoms with Crippen LogP contribution in [0.2, 0.25) is 0 Å². The van der Waals surface area contributed by atoms with Crippen molar-refractivity contribution in [1.82, 2.24) is 10.2 Å². The standard InChI is InChI=1S/C13H12BrN3/c1-2-9-15-13-8-7-12(16-17-13)10-3-5-11(14)6-4-10/h2-8H,1,9H2,(H,15,17). The van der Waals surface area contributed by atoms with E-state index < -0.39 is 0 Å². The fraction of sp³-hybridized carbons (Fsp3) is 0.0769. The van der Waals surface area contributed by atoms with Crippen LogP contribution >= 0.6 is 15.9 Å². The van der Waals surface area contributed by atoms with Crippen molar-refractivity contribution in [3.05, 3.63) is 53.5 Å². The fourth-order valence-corrected chi connectivity index (χ4v) is 1.64. The van der Waals surface area contributed by atoms with Crippen molar-refractivity contribution in [2.75, 3.05) is 11.9 Å². The predicted octanol–water partition coefficient (Wildman–Crippen LogP) is 3.50. The number of aromatic nitrogens is 2. The van der Waals surface area contributed by atoms with Gasteiger partial charge in [0, 0.05) is 16.6 Å². The van der Waals surface area contributed by atoms with Crippen LogP contribution in [0.25, 0.3) is 11.3 Å². The zero-order valence-corrected chi connectivity index (χ0v) is 10.8. The van der Waals surface area contributed by atoms with Gasteiger partial charge in [0.05, 0.1) is 5.69 Å². The van der Waals surface area contributed by atoms with Gasteiger partial charge in [0.2, 0.25) is 0 Å². The third kappa shape index (κ3) is 3.14. The first-order valence-electron chi connectivity index (χ1n) is 5.24. The molecule has 0 spiro atoms. The summed E-state index contributed by atoms with van der Waals surface area (Å²) in [6.07, 6.45) is 1.78. The number of hydrogen-bond acceptors (Lipinski definition) is 3. The molecule has 1 aromatic carbocycles. The van der Waals surface area contributed by atoms with Gasteiger partial charge in [-0.25, -0.2) is 0 Å². The van der Waals surface area contributed by atoms with Crippen molar-refractivity contribution in [3.8, 4) is 11.3 Å². The maximum absolute atomic E-state index is 4.17. The first-order chi connectivity index (χ1) is 8.29. The summed E-state index contributed by atoms with van der Waals surface area (Å²) in [6, 6.07) is 11.8. The average molecular weight is 290 g/mol. The Morgan fingerprint density at radius 3 is 2.47 bits per heavy atom. The summed E-state index contributed by atoms with van der Waals surface area (Å²) >= 11 is 3.40. The number of anilines is 1. The minimum Gasteiger partial charge on any atom is -0.365 e. The Kier molecular flexibility index (Phi) is 3.88. The Hall–Kier alpha value is -1.68. The molecule has 1 N–H and O–H groups in total. The highest BCUT2D eigenvalue weighted by molar-refractivity contribution is 9.10. The molecular weight excluding hydrogens is 278 g/mol. The third-order valence-electron chi connectivity index (χ3n) is 2.23. The van der Waals surface area contributed by atoms with Gasteiger partial charge in [-0.3, -0.25) is 0 Å². The van der Waals surface area contributed by atoms with Crippen molar-refractivity contribution >= 4 is 21.7 Å². The number of benzene rings is 1. The smallest absolute Gasteiger partial charge is 0.148 e. The van der Waals surface area contributed by atoms with Crippen LogP contribution in [0.3, 0.4) is 0 Å². The molecule has 0 aliphatic rings. The van der Waals surface area contributed by atoms with Gasteiger partial charge in [0.25, 0.3) is 0 Å². The summed E-state index contributed by atoms with van der Waals surface area (Å²) < 4.78 is 1.05. The second-order valence-corrected chi connectivity index (χ2v) is 4.40. The Bertz CT molecular complexity index is 491. The normalized spacial score (nSPS) is 9.94. The molecule has 1 aromatic heterocycles. The van der Waals surface area contributed by atoms with Crippen LogP contribution in [0.5, 0.6) is 0 Å². The molecule has 0 atom stereocenters. The summed E-state index contributed by atoms with van der Waals surface area (Å²) in [5.74, 6) is 0.755. The molecule has 0 saturated heterocycles. The minimum absolute atomic E-state index is 0.687. The Labute approximate surface area is 109 Å². The van der Waals surface area contributed by atoms with Gasteiger partial charge in [-0.15, -0.1) is 16.8 Å². The quantitative estimate of drug-likeness (QED) is 0.876. The van der Waals surface area contributed by atoms with E-state index in [9.17, 15) is 0 Å². The summed E-state index contributed by atoms with van der Waals surface area (Å²) in [4.78, 5) is 0. The van der Waals surface area contributed by atoms with E-state index in [-0.39, 0.29) is 0 Å². The lowest BCUT2D eigenvalue weighted by atomic mass is 10.1. The monoisotopic (exact) mass is 289 g/mol. The van der Waals surface area contributed by atoms with Gasteiger partial charge in [-0.2, -0.15) is 0 Å². The Morgan fingerprint density at radius 2 is 1.88 bits per heavy atom. The maximum Gasteiger partial charge on any atom is 0.148 e. The molecule has 0 aliphatic carbocycles. The molecular formula is C13H12BrN3. The molecule has 0 aliphatic heterocycles. The zero-order chi connectivity index (χ0) is 12.1. The minimum atomic E-state index is 0.687. The van der Waals surface area contributed by atoms with Crippen LogP contribution < -0.4 is 5.32 Å². The molecule has 0 saturated carbocycles. The van der Waals surface area contributed by atoms with Crippen molar-refractivity contribution in [2.24, 2.45) is 0 Å². The van der Waals surface area contributed by atoms with Crippen LogP contribution in [0, 0.1) is 0 Å². The summed E-state index contributed by atoms with van der Waals surface area (Å²) in [6.45, 7) is 4.32. The van der Waals surface area contributed by atoms with E-state index in [0.29, 0.717) is 6.54 Å². The lowest BCUT2D eigenvalue weighted by Gasteiger charge is -2.03. The molecule has 0 unspecified atom stereocenters. The van der Waals surface area contributed by atoms with Crippen LogP contribution in [0.15, 0.2) is 53.5 Å². The molecule has 3 nitrogen and oxygen atoms in total. The second kappa shape index (κ2) is 5.59. The second-order valence-electron chi connectivity index (χ2n) is 3.48. The zero-order valence-electron chi connectivity index (χ0n) is 9.23. The highest BCUT2D eigenvalue weighted by Gasteiger charge is 2.00. The number of rotatable bonds is 4. The fourth-order valence-electron chi connectivity index (χ4n) is 1.38. The van der Waals surface area contributed by atoms with Crippen LogP contribution in [-0.2, 0) is 0 Å². The molecule has 2 aromatic rings.